The molecule has 26 heavy (non-hydrogen) atoms. The molecule has 0 fully saturated rings. The highest BCUT2D eigenvalue weighted by molar-refractivity contribution is 6.83. The van der Waals surface area contributed by atoms with Crippen LogP contribution in [0.25, 0.3) is 11.1 Å². The van der Waals surface area contributed by atoms with Crippen molar-refractivity contribution in [2.24, 2.45) is 0 Å². The summed E-state index contributed by atoms with van der Waals surface area (Å²) < 4.78 is 32.2. The third kappa shape index (κ3) is 4.42. The number of nitrogen functional groups attached to an aromatic ring is 1. The van der Waals surface area contributed by atoms with Gasteiger partial charge >= 0.3 is 5.97 Å². The minimum absolute atomic E-state index is 0.0125. The van der Waals surface area contributed by atoms with Gasteiger partial charge in [-0.25, -0.2) is 13.6 Å². The fourth-order valence-corrected chi connectivity index (χ4v) is 3.09. The topological polar surface area (TPSA) is 52.3 Å². The molecule has 0 unspecified atom stereocenters. The van der Waals surface area contributed by atoms with Crippen molar-refractivity contribution in [3.05, 3.63) is 52.0 Å². The normalized spacial score (nSPS) is 10.9. The Hall–Kier alpha value is -2.36. The second-order valence-electron chi connectivity index (χ2n) is 6.72. The highest BCUT2D eigenvalue weighted by atomic mass is 35.5. The lowest BCUT2D eigenvalue weighted by atomic mass is 9.94. The second-order valence-corrected chi connectivity index (χ2v) is 11.9. The monoisotopic (exact) mass is 393 g/mol. The van der Waals surface area contributed by atoms with Gasteiger partial charge in [0.15, 0.2) is 0 Å². The van der Waals surface area contributed by atoms with Crippen molar-refractivity contribution in [2.45, 2.75) is 19.6 Å². The second kappa shape index (κ2) is 7.48. The molecule has 2 aromatic rings. The lowest BCUT2D eigenvalue weighted by Crippen LogP contribution is -2.16. The number of ether oxygens (including phenoxy) is 1. The number of halogens is 3. The van der Waals surface area contributed by atoms with Crippen LogP contribution in [-0.4, -0.2) is 21.2 Å². The van der Waals surface area contributed by atoms with Crippen molar-refractivity contribution in [1.82, 2.24) is 0 Å². The van der Waals surface area contributed by atoms with Crippen LogP contribution in [0.5, 0.6) is 0 Å². The molecule has 2 N–H and O–H groups in total. The zero-order valence-corrected chi connectivity index (χ0v) is 16.6. The Balaban J connectivity index is 2.85. The standard InChI is InChI=1S/C19H18ClF2NO2Si/c1-25-19(24)15-10-16(20)14(5-6-26(2,3)4)18(23)17(15)11-7-12(21)9-13(22)8-11/h7-10H,23H2,1-4H3. The fourth-order valence-electron chi connectivity index (χ4n) is 2.33. The first-order valence-electron chi connectivity index (χ1n) is 7.73. The first-order valence-corrected chi connectivity index (χ1v) is 11.6. The lowest BCUT2D eigenvalue weighted by molar-refractivity contribution is 0.0601. The number of hydrogen-bond acceptors (Lipinski definition) is 3. The van der Waals surface area contributed by atoms with Crippen LogP contribution in [0.3, 0.4) is 0 Å². The van der Waals surface area contributed by atoms with Crippen LogP contribution in [0.4, 0.5) is 14.5 Å². The minimum Gasteiger partial charge on any atom is -0.465 e. The molecule has 0 heterocycles. The van der Waals surface area contributed by atoms with Gasteiger partial charge in [-0.3, -0.25) is 0 Å². The van der Waals surface area contributed by atoms with E-state index in [-0.39, 0.29) is 27.4 Å². The first-order chi connectivity index (χ1) is 12.0. The van der Waals surface area contributed by atoms with E-state index in [1.54, 1.807) is 0 Å². The number of rotatable bonds is 2. The van der Waals surface area contributed by atoms with Crippen LogP contribution in [0.1, 0.15) is 15.9 Å². The number of carbonyl (C=O) groups excluding carboxylic acids is 1. The first kappa shape index (κ1) is 20.0. The Kier molecular flexibility index (Phi) is 5.74. The van der Waals surface area contributed by atoms with Gasteiger partial charge in [0, 0.05) is 11.6 Å². The summed E-state index contributed by atoms with van der Waals surface area (Å²) in [6.07, 6.45) is 0. The van der Waals surface area contributed by atoms with Gasteiger partial charge in [-0.2, -0.15) is 0 Å². The van der Waals surface area contributed by atoms with Gasteiger partial charge in [-0.15, -0.1) is 5.54 Å². The maximum absolute atomic E-state index is 13.7. The smallest absolute Gasteiger partial charge is 0.338 e. The van der Waals surface area contributed by atoms with Crippen molar-refractivity contribution in [3.8, 4) is 22.6 Å². The van der Waals surface area contributed by atoms with Gasteiger partial charge in [0.05, 0.1) is 28.9 Å². The number of esters is 1. The van der Waals surface area contributed by atoms with E-state index >= 15 is 0 Å². The third-order valence-electron chi connectivity index (χ3n) is 3.44. The Labute approximate surface area is 157 Å². The number of anilines is 1. The van der Waals surface area contributed by atoms with E-state index in [2.05, 4.69) is 31.1 Å². The molecule has 0 aromatic heterocycles. The zero-order chi connectivity index (χ0) is 19.6. The van der Waals surface area contributed by atoms with Crippen LogP contribution < -0.4 is 5.73 Å². The largest absolute Gasteiger partial charge is 0.465 e. The van der Waals surface area contributed by atoms with E-state index in [4.69, 9.17) is 22.1 Å². The van der Waals surface area contributed by atoms with Crippen LogP contribution >= 0.6 is 11.6 Å². The van der Waals surface area contributed by atoms with E-state index < -0.39 is 25.7 Å². The van der Waals surface area contributed by atoms with Gasteiger partial charge < -0.3 is 10.5 Å². The number of hydrogen-bond donors (Lipinski definition) is 1. The molecule has 0 amide bonds. The average molecular weight is 394 g/mol. The van der Waals surface area contributed by atoms with E-state index in [9.17, 15) is 13.6 Å². The van der Waals surface area contributed by atoms with Crippen molar-refractivity contribution in [2.75, 3.05) is 12.8 Å². The van der Waals surface area contributed by atoms with Crippen molar-refractivity contribution < 1.29 is 18.3 Å². The fraction of sp³-hybridized carbons (Fsp3) is 0.211. The molecular weight excluding hydrogens is 376 g/mol. The summed E-state index contributed by atoms with van der Waals surface area (Å²) >= 11 is 6.26. The van der Waals surface area contributed by atoms with Crippen molar-refractivity contribution in [1.29, 1.82) is 0 Å². The Morgan fingerprint density at radius 3 is 2.23 bits per heavy atom. The van der Waals surface area contributed by atoms with E-state index in [0.717, 1.165) is 18.2 Å². The van der Waals surface area contributed by atoms with Gasteiger partial charge in [-0.05, 0) is 23.8 Å². The maximum atomic E-state index is 13.7. The highest BCUT2D eigenvalue weighted by Crippen LogP contribution is 2.37. The molecule has 7 heteroatoms. The minimum atomic E-state index is -1.73. The summed E-state index contributed by atoms with van der Waals surface area (Å²) in [5.74, 6) is 0.657. The molecule has 0 saturated carbocycles. The summed E-state index contributed by atoms with van der Waals surface area (Å²) in [6.45, 7) is 6.15. The van der Waals surface area contributed by atoms with Crippen LogP contribution in [0.15, 0.2) is 24.3 Å². The van der Waals surface area contributed by atoms with Crippen molar-refractivity contribution in [3.63, 3.8) is 0 Å². The van der Waals surface area contributed by atoms with E-state index in [1.165, 1.54) is 13.2 Å². The molecular formula is C19H18ClF2NO2Si. The molecule has 0 aliphatic heterocycles. The summed E-state index contributed by atoms with van der Waals surface area (Å²) in [7, 11) is -0.534. The Morgan fingerprint density at radius 2 is 1.73 bits per heavy atom. The molecule has 0 radical (unpaired) electrons. The van der Waals surface area contributed by atoms with Gasteiger partial charge in [-0.1, -0.05) is 37.2 Å². The highest BCUT2D eigenvalue weighted by Gasteiger charge is 2.22. The van der Waals surface area contributed by atoms with E-state index in [0.29, 0.717) is 5.56 Å². The molecule has 2 rings (SSSR count). The SMILES string of the molecule is COC(=O)c1cc(Cl)c(C#C[Si](C)(C)C)c(N)c1-c1cc(F)cc(F)c1. The quantitative estimate of drug-likeness (QED) is 0.342. The predicted molar refractivity (Wildman–Crippen MR) is 103 cm³/mol. The lowest BCUT2D eigenvalue weighted by Gasteiger charge is -2.15. The molecule has 136 valence electrons. The molecule has 0 spiro atoms. The summed E-state index contributed by atoms with van der Waals surface area (Å²) in [5.41, 5.74) is 10.0. The molecule has 0 aliphatic rings. The average Bonchev–Trinajstić information content (AvgIpc) is 2.51. The van der Waals surface area contributed by atoms with Crippen LogP contribution in [0.2, 0.25) is 24.7 Å². The summed E-state index contributed by atoms with van der Waals surface area (Å²) in [6, 6.07) is 4.27. The number of benzene rings is 2. The number of methoxy groups -OCH3 is 1. The van der Waals surface area contributed by atoms with Crippen LogP contribution in [-0.2, 0) is 4.74 Å². The third-order valence-corrected chi connectivity index (χ3v) is 4.61. The molecule has 0 bridgehead atoms. The van der Waals surface area contributed by atoms with Crippen molar-refractivity contribution >= 4 is 31.3 Å². The Morgan fingerprint density at radius 1 is 1.15 bits per heavy atom. The molecule has 3 nitrogen and oxygen atoms in total. The van der Waals surface area contributed by atoms with E-state index in [1.807, 2.05) is 0 Å². The molecule has 0 saturated heterocycles. The number of nitrogens with two attached hydrogens (primary N) is 1. The maximum Gasteiger partial charge on any atom is 0.338 e. The predicted octanol–water partition coefficient (Wildman–Crippen LogP) is 4.88. The van der Waals surface area contributed by atoms with Gasteiger partial charge in [0.2, 0.25) is 0 Å². The van der Waals surface area contributed by atoms with Gasteiger partial charge in [0.1, 0.15) is 19.7 Å². The van der Waals surface area contributed by atoms with Crippen LogP contribution in [0, 0.1) is 23.1 Å². The molecule has 2 aromatic carbocycles. The molecule has 0 atom stereocenters. The summed E-state index contributed by atoms with van der Waals surface area (Å²) in [5, 5.41) is 0.175. The summed E-state index contributed by atoms with van der Waals surface area (Å²) in [4.78, 5) is 12.2. The zero-order valence-electron chi connectivity index (χ0n) is 14.8. The molecule has 0 aliphatic carbocycles. The number of carbonyl (C=O) groups is 1. The Bertz CT molecular complexity index is 923. The van der Waals surface area contributed by atoms with Gasteiger partial charge in [0.25, 0.3) is 0 Å².